The molecule has 0 aliphatic rings. The molecule has 14 heavy (non-hydrogen) atoms. The largest absolute Gasteiger partial charge is 0.508 e. The lowest BCUT2D eigenvalue weighted by molar-refractivity contribution is 0.469. The molecule has 0 fully saturated rings. The second kappa shape index (κ2) is 4.47. The molecule has 0 bridgehead atoms. The summed E-state index contributed by atoms with van der Waals surface area (Å²) in [7, 11) is 0. The summed E-state index contributed by atoms with van der Waals surface area (Å²) in [6.07, 6.45) is 2.07. The minimum absolute atomic E-state index is 0.0966. The van der Waals surface area contributed by atoms with Crippen LogP contribution in [0.4, 0.5) is 0 Å². The molecule has 0 aliphatic heterocycles. The van der Waals surface area contributed by atoms with Crippen LogP contribution in [-0.2, 0) is 0 Å². The molecule has 2 nitrogen and oxygen atoms in total. The number of nitrogens with two attached hydrogens (primary N) is 1. The highest BCUT2D eigenvalue weighted by Crippen LogP contribution is 2.27. The van der Waals surface area contributed by atoms with Crippen molar-refractivity contribution in [1.29, 1.82) is 0 Å². The smallest absolute Gasteiger partial charge is 0.118 e. The molecule has 1 aromatic carbocycles. The molecule has 0 saturated carbocycles. The Labute approximate surface area is 85.8 Å². The van der Waals surface area contributed by atoms with E-state index in [9.17, 15) is 5.11 Å². The van der Waals surface area contributed by atoms with Gasteiger partial charge in [-0.25, -0.2) is 0 Å². The predicted octanol–water partition coefficient (Wildman–Crippen LogP) is 2.81. The van der Waals surface area contributed by atoms with Crippen LogP contribution in [0, 0.1) is 13.8 Å². The molecule has 0 aliphatic carbocycles. The Morgan fingerprint density at radius 3 is 2.50 bits per heavy atom. The van der Waals surface area contributed by atoms with Crippen molar-refractivity contribution < 1.29 is 5.11 Å². The van der Waals surface area contributed by atoms with E-state index < -0.39 is 0 Å². The van der Waals surface area contributed by atoms with Gasteiger partial charge in [-0.15, -0.1) is 0 Å². The highest BCUT2D eigenvalue weighted by atomic mass is 16.3. The normalized spacial score (nSPS) is 12.9. The number of hydrogen-bond donors (Lipinski definition) is 2. The van der Waals surface area contributed by atoms with Crippen LogP contribution in [0.2, 0.25) is 0 Å². The van der Waals surface area contributed by atoms with E-state index in [1.807, 2.05) is 19.9 Å². The van der Waals surface area contributed by atoms with Crippen molar-refractivity contribution in [2.45, 2.75) is 39.7 Å². The highest BCUT2D eigenvalue weighted by molar-refractivity contribution is 5.43. The number of benzene rings is 1. The summed E-state index contributed by atoms with van der Waals surface area (Å²) in [4.78, 5) is 0. The van der Waals surface area contributed by atoms with Crippen molar-refractivity contribution in [2.24, 2.45) is 5.73 Å². The van der Waals surface area contributed by atoms with Gasteiger partial charge in [0.2, 0.25) is 0 Å². The molecule has 0 radical (unpaired) electrons. The highest BCUT2D eigenvalue weighted by Gasteiger charge is 2.11. The van der Waals surface area contributed by atoms with E-state index in [2.05, 4.69) is 6.92 Å². The van der Waals surface area contributed by atoms with Gasteiger partial charge in [0.1, 0.15) is 5.75 Å². The number of phenolic OH excluding ortho intramolecular Hbond substituents is 1. The monoisotopic (exact) mass is 193 g/mol. The Bertz CT molecular complexity index is 320. The third-order valence-corrected chi connectivity index (χ3v) is 2.80. The molecule has 3 N–H and O–H groups in total. The van der Waals surface area contributed by atoms with Crippen molar-refractivity contribution in [3.05, 3.63) is 28.8 Å². The molecule has 1 rings (SSSR count). The molecule has 1 unspecified atom stereocenters. The van der Waals surface area contributed by atoms with Crippen LogP contribution < -0.4 is 5.73 Å². The molecule has 0 amide bonds. The second-order valence-corrected chi connectivity index (χ2v) is 3.82. The molecule has 0 spiro atoms. The van der Waals surface area contributed by atoms with Crippen LogP contribution in [-0.4, -0.2) is 5.11 Å². The first kappa shape index (κ1) is 11.1. The Balaban J connectivity index is 3.04. The van der Waals surface area contributed by atoms with Crippen molar-refractivity contribution >= 4 is 0 Å². The van der Waals surface area contributed by atoms with E-state index in [0.717, 1.165) is 29.5 Å². The summed E-state index contributed by atoms with van der Waals surface area (Å²) < 4.78 is 0. The molecular weight excluding hydrogens is 174 g/mol. The molecule has 2 heteroatoms. The maximum atomic E-state index is 9.50. The predicted molar refractivity (Wildman–Crippen MR) is 59.4 cm³/mol. The van der Waals surface area contributed by atoms with E-state index in [4.69, 9.17) is 5.73 Å². The van der Waals surface area contributed by atoms with Gasteiger partial charge in [-0.3, -0.25) is 0 Å². The number of rotatable bonds is 3. The first-order valence-electron chi connectivity index (χ1n) is 5.12. The average molecular weight is 193 g/mol. The Morgan fingerprint density at radius 2 is 1.93 bits per heavy atom. The Morgan fingerprint density at radius 1 is 1.29 bits per heavy atom. The van der Waals surface area contributed by atoms with Crippen LogP contribution in [0.15, 0.2) is 12.1 Å². The minimum atomic E-state index is 0.0966. The lowest BCUT2D eigenvalue weighted by Gasteiger charge is -2.16. The molecule has 78 valence electrons. The van der Waals surface area contributed by atoms with Crippen LogP contribution in [0.25, 0.3) is 0 Å². The number of aromatic hydroxyl groups is 1. The lowest BCUT2D eigenvalue weighted by atomic mass is 9.95. The zero-order valence-corrected chi connectivity index (χ0v) is 9.17. The van der Waals surface area contributed by atoms with Gasteiger partial charge in [0.05, 0.1) is 0 Å². The van der Waals surface area contributed by atoms with Gasteiger partial charge in [0.15, 0.2) is 0 Å². The van der Waals surface area contributed by atoms with Gasteiger partial charge in [0, 0.05) is 6.04 Å². The maximum Gasteiger partial charge on any atom is 0.118 e. The number of phenols is 1. The third-order valence-electron chi connectivity index (χ3n) is 2.80. The Hall–Kier alpha value is -1.02. The summed E-state index contributed by atoms with van der Waals surface area (Å²) in [5.41, 5.74) is 9.25. The fraction of sp³-hybridized carbons (Fsp3) is 0.500. The van der Waals surface area contributed by atoms with Gasteiger partial charge in [-0.05, 0) is 43.0 Å². The van der Waals surface area contributed by atoms with E-state index >= 15 is 0 Å². The zero-order chi connectivity index (χ0) is 10.7. The summed E-state index contributed by atoms with van der Waals surface area (Å²) in [6.45, 7) is 6.06. The van der Waals surface area contributed by atoms with Gasteiger partial charge in [-0.2, -0.15) is 0 Å². The maximum absolute atomic E-state index is 9.50. The topological polar surface area (TPSA) is 46.2 Å². The quantitative estimate of drug-likeness (QED) is 0.775. The second-order valence-electron chi connectivity index (χ2n) is 3.82. The van der Waals surface area contributed by atoms with Gasteiger partial charge < -0.3 is 10.8 Å². The van der Waals surface area contributed by atoms with Crippen molar-refractivity contribution in [2.75, 3.05) is 0 Å². The number of hydrogen-bond acceptors (Lipinski definition) is 2. The fourth-order valence-corrected chi connectivity index (χ4v) is 1.70. The van der Waals surface area contributed by atoms with Crippen LogP contribution in [0.3, 0.4) is 0 Å². The summed E-state index contributed by atoms with van der Waals surface area (Å²) >= 11 is 0. The average Bonchev–Trinajstić information content (AvgIpc) is 2.15. The fourth-order valence-electron chi connectivity index (χ4n) is 1.70. The molecule has 0 saturated heterocycles. The first-order valence-corrected chi connectivity index (χ1v) is 5.12. The van der Waals surface area contributed by atoms with Crippen molar-refractivity contribution in [3.8, 4) is 5.75 Å². The molecular formula is C12H19NO. The van der Waals surface area contributed by atoms with Gasteiger partial charge >= 0.3 is 0 Å². The Kier molecular flexibility index (Phi) is 3.53. The summed E-state index contributed by atoms with van der Waals surface area (Å²) in [5, 5.41) is 9.50. The minimum Gasteiger partial charge on any atom is -0.508 e. The van der Waals surface area contributed by atoms with Crippen LogP contribution >= 0.6 is 0 Å². The van der Waals surface area contributed by atoms with Crippen molar-refractivity contribution in [1.82, 2.24) is 0 Å². The first-order chi connectivity index (χ1) is 6.57. The van der Waals surface area contributed by atoms with E-state index in [1.165, 1.54) is 0 Å². The summed E-state index contributed by atoms with van der Waals surface area (Å²) in [6, 6.07) is 3.75. The van der Waals surface area contributed by atoms with Gasteiger partial charge in [-0.1, -0.05) is 19.4 Å². The van der Waals surface area contributed by atoms with Crippen LogP contribution in [0.1, 0.15) is 42.5 Å². The van der Waals surface area contributed by atoms with E-state index in [1.54, 1.807) is 6.07 Å². The molecule has 0 aromatic heterocycles. The SMILES string of the molecule is CCCC(N)c1ccc(O)c(C)c1C. The standard InChI is InChI=1S/C12H19NO/c1-4-5-11(13)10-6-7-12(14)9(3)8(10)2/h6-7,11,14H,4-5,13H2,1-3H3. The third kappa shape index (κ3) is 2.07. The summed E-state index contributed by atoms with van der Waals surface area (Å²) in [5.74, 6) is 0.356. The van der Waals surface area contributed by atoms with Crippen LogP contribution in [0.5, 0.6) is 5.75 Å². The van der Waals surface area contributed by atoms with E-state index in [0.29, 0.717) is 5.75 Å². The van der Waals surface area contributed by atoms with Crippen molar-refractivity contribution in [3.63, 3.8) is 0 Å². The molecule has 0 heterocycles. The molecule has 1 aromatic rings. The molecule has 1 atom stereocenters. The van der Waals surface area contributed by atoms with E-state index in [-0.39, 0.29) is 6.04 Å². The van der Waals surface area contributed by atoms with Gasteiger partial charge in [0.25, 0.3) is 0 Å². The zero-order valence-electron chi connectivity index (χ0n) is 9.17. The lowest BCUT2D eigenvalue weighted by Crippen LogP contribution is -2.11.